The van der Waals surface area contributed by atoms with Crippen LogP contribution in [-0.4, -0.2) is 11.3 Å². The second kappa shape index (κ2) is 4.32. The van der Waals surface area contributed by atoms with Crippen molar-refractivity contribution in [3.05, 3.63) is 23.0 Å². The molecule has 1 aromatic rings. The molecule has 0 aliphatic carbocycles. The summed E-state index contributed by atoms with van der Waals surface area (Å²) in [6.45, 7) is 0. The lowest BCUT2D eigenvalue weighted by molar-refractivity contribution is 0.111. The van der Waals surface area contributed by atoms with Gasteiger partial charge in [0, 0.05) is 5.88 Å². The number of aldehydes is 1. The van der Waals surface area contributed by atoms with Gasteiger partial charge in [-0.25, -0.2) is 13.8 Å². The first-order valence-corrected chi connectivity index (χ1v) is 4.22. The van der Waals surface area contributed by atoms with Crippen molar-refractivity contribution in [2.75, 3.05) is 5.73 Å². The van der Waals surface area contributed by atoms with Crippen LogP contribution in [0.2, 0.25) is 0 Å². The average molecular weight is 221 g/mol. The molecule has 2 N–H and O–H groups in total. The molecule has 1 rings (SSSR count). The van der Waals surface area contributed by atoms with Crippen LogP contribution in [0.5, 0.6) is 0 Å². The van der Waals surface area contributed by atoms with E-state index >= 15 is 0 Å². The highest BCUT2D eigenvalue weighted by atomic mass is 35.5. The molecule has 0 amide bonds. The smallest absolute Gasteiger partial charge is 0.282 e. The van der Waals surface area contributed by atoms with Gasteiger partial charge >= 0.3 is 0 Å². The summed E-state index contributed by atoms with van der Waals surface area (Å²) in [5.41, 5.74) is 4.83. The van der Waals surface area contributed by atoms with E-state index in [0.717, 1.165) is 0 Å². The molecular formula is C8H7ClF2N2O. The second-order valence-corrected chi connectivity index (χ2v) is 2.82. The highest BCUT2D eigenvalue weighted by Gasteiger charge is 2.17. The third-order valence-corrected chi connectivity index (χ3v) is 1.95. The van der Waals surface area contributed by atoms with E-state index in [0.29, 0.717) is 11.8 Å². The van der Waals surface area contributed by atoms with Crippen molar-refractivity contribution >= 4 is 23.6 Å². The third kappa shape index (κ3) is 1.98. The Morgan fingerprint density at radius 3 is 2.71 bits per heavy atom. The fourth-order valence-electron chi connectivity index (χ4n) is 0.990. The zero-order chi connectivity index (χ0) is 10.7. The third-order valence-electron chi connectivity index (χ3n) is 1.66. The van der Waals surface area contributed by atoms with E-state index in [-0.39, 0.29) is 17.3 Å². The number of carbonyl (C=O) groups excluding carboxylic acids is 1. The number of aromatic nitrogens is 1. The predicted octanol–water partition coefficient (Wildman–Crippen LogP) is 2.15. The molecule has 0 unspecified atom stereocenters. The zero-order valence-corrected chi connectivity index (χ0v) is 7.76. The average Bonchev–Trinajstić information content (AvgIpc) is 2.17. The van der Waals surface area contributed by atoms with Crippen LogP contribution in [0.25, 0.3) is 0 Å². The van der Waals surface area contributed by atoms with Crippen LogP contribution in [-0.2, 0) is 5.88 Å². The maximum atomic E-state index is 12.4. The summed E-state index contributed by atoms with van der Waals surface area (Å²) in [5.74, 6) is -0.0328. The fraction of sp³-hybridized carbons (Fsp3) is 0.250. The van der Waals surface area contributed by atoms with Gasteiger partial charge in [0.15, 0.2) is 6.29 Å². The summed E-state index contributed by atoms with van der Waals surface area (Å²) in [6.07, 6.45) is -2.43. The second-order valence-electron chi connectivity index (χ2n) is 2.56. The first-order valence-electron chi connectivity index (χ1n) is 3.68. The standard InChI is InChI=1S/C8H7ClF2N2O/c9-2-4-1-5(3-14)13-7(6(4)12)8(10)11/h1,3,8H,2,12H2. The summed E-state index contributed by atoms with van der Waals surface area (Å²) in [7, 11) is 0. The Kier molecular flexibility index (Phi) is 3.35. The minimum Gasteiger partial charge on any atom is -0.397 e. The van der Waals surface area contributed by atoms with Crippen molar-refractivity contribution in [2.24, 2.45) is 0 Å². The van der Waals surface area contributed by atoms with Crippen LogP contribution in [0.15, 0.2) is 6.07 Å². The Hall–Kier alpha value is -1.23. The molecule has 0 spiro atoms. The van der Waals surface area contributed by atoms with Gasteiger partial charge in [0.05, 0.1) is 5.69 Å². The van der Waals surface area contributed by atoms with Gasteiger partial charge < -0.3 is 5.73 Å². The normalized spacial score (nSPS) is 10.6. The number of rotatable bonds is 3. The van der Waals surface area contributed by atoms with E-state index in [1.54, 1.807) is 0 Å². The van der Waals surface area contributed by atoms with Gasteiger partial charge in [-0.15, -0.1) is 11.6 Å². The first-order chi connectivity index (χ1) is 6.60. The lowest BCUT2D eigenvalue weighted by Crippen LogP contribution is -2.05. The molecule has 1 aromatic heterocycles. The molecule has 3 nitrogen and oxygen atoms in total. The van der Waals surface area contributed by atoms with E-state index < -0.39 is 12.1 Å². The first kappa shape index (κ1) is 10.8. The van der Waals surface area contributed by atoms with Crippen molar-refractivity contribution in [3.63, 3.8) is 0 Å². The van der Waals surface area contributed by atoms with Crippen molar-refractivity contribution < 1.29 is 13.6 Å². The molecule has 6 heteroatoms. The number of alkyl halides is 3. The molecule has 0 radical (unpaired) electrons. The number of nitrogens with zero attached hydrogens (tertiary/aromatic N) is 1. The molecule has 0 aliphatic heterocycles. The minimum absolute atomic E-state index is 0.0328. The number of nitrogens with two attached hydrogens (primary N) is 1. The van der Waals surface area contributed by atoms with Crippen molar-refractivity contribution in [3.8, 4) is 0 Å². The van der Waals surface area contributed by atoms with Gasteiger partial charge in [0.1, 0.15) is 11.4 Å². The molecule has 0 aromatic carbocycles. The van der Waals surface area contributed by atoms with Crippen molar-refractivity contribution in [2.45, 2.75) is 12.3 Å². The number of nitrogen functional groups attached to an aromatic ring is 1. The topological polar surface area (TPSA) is 56.0 Å². The highest BCUT2D eigenvalue weighted by Crippen LogP contribution is 2.27. The fourth-order valence-corrected chi connectivity index (χ4v) is 1.21. The van der Waals surface area contributed by atoms with Gasteiger partial charge in [-0.05, 0) is 11.6 Å². The quantitative estimate of drug-likeness (QED) is 0.627. The number of halogens is 3. The Morgan fingerprint density at radius 2 is 2.29 bits per heavy atom. The van der Waals surface area contributed by atoms with E-state index in [1.807, 2.05) is 0 Å². The number of pyridine rings is 1. The number of anilines is 1. The molecule has 0 saturated heterocycles. The SMILES string of the molecule is Nc1c(CCl)cc(C=O)nc1C(F)F. The lowest BCUT2D eigenvalue weighted by Gasteiger charge is -2.08. The van der Waals surface area contributed by atoms with Gasteiger partial charge in [-0.2, -0.15) is 0 Å². The molecule has 0 saturated carbocycles. The highest BCUT2D eigenvalue weighted by molar-refractivity contribution is 6.17. The van der Waals surface area contributed by atoms with Crippen LogP contribution < -0.4 is 5.73 Å². The summed E-state index contributed by atoms with van der Waals surface area (Å²) < 4.78 is 24.7. The van der Waals surface area contributed by atoms with E-state index in [2.05, 4.69) is 4.98 Å². The summed E-state index contributed by atoms with van der Waals surface area (Å²) >= 11 is 5.47. The Labute approximate surface area is 83.9 Å². The van der Waals surface area contributed by atoms with Gasteiger partial charge in [0.25, 0.3) is 6.43 Å². The summed E-state index contributed by atoms with van der Waals surface area (Å²) in [4.78, 5) is 13.8. The number of hydrogen-bond donors (Lipinski definition) is 1. The molecule has 14 heavy (non-hydrogen) atoms. The van der Waals surface area contributed by atoms with Crippen LogP contribution in [0.3, 0.4) is 0 Å². The molecule has 0 aliphatic rings. The summed E-state index contributed by atoms with van der Waals surface area (Å²) in [6, 6.07) is 1.29. The summed E-state index contributed by atoms with van der Waals surface area (Å²) in [5, 5.41) is 0. The van der Waals surface area contributed by atoms with Crippen molar-refractivity contribution in [1.29, 1.82) is 0 Å². The van der Waals surface area contributed by atoms with Crippen LogP contribution in [0.4, 0.5) is 14.5 Å². The van der Waals surface area contributed by atoms with E-state index in [9.17, 15) is 13.6 Å². The van der Waals surface area contributed by atoms with E-state index in [4.69, 9.17) is 17.3 Å². The zero-order valence-electron chi connectivity index (χ0n) is 7.01. The maximum Gasteiger partial charge on any atom is 0.282 e. The Morgan fingerprint density at radius 1 is 1.64 bits per heavy atom. The molecule has 1 heterocycles. The molecule has 0 bridgehead atoms. The molecule has 0 atom stereocenters. The molecule has 76 valence electrons. The Bertz CT molecular complexity index is 357. The predicted molar refractivity (Wildman–Crippen MR) is 48.6 cm³/mol. The van der Waals surface area contributed by atoms with Crippen LogP contribution in [0.1, 0.15) is 28.2 Å². The number of carbonyl (C=O) groups is 1. The van der Waals surface area contributed by atoms with Gasteiger partial charge in [-0.3, -0.25) is 4.79 Å². The molecule has 0 fully saturated rings. The van der Waals surface area contributed by atoms with Gasteiger partial charge in [0.2, 0.25) is 0 Å². The monoisotopic (exact) mass is 220 g/mol. The molecular weight excluding hydrogens is 214 g/mol. The largest absolute Gasteiger partial charge is 0.397 e. The van der Waals surface area contributed by atoms with Gasteiger partial charge in [-0.1, -0.05) is 0 Å². The number of hydrogen-bond acceptors (Lipinski definition) is 3. The Balaban J connectivity index is 3.34. The van der Waals surface area contributed by atoms with Crippen LogP contribution >= 0.6 is 11.6 Å². The maximum absolute atomic E-state index is 12.4. The van der Waals surface area contributed by atoms with Crippen molar-refractivity contribution in [1.82, 2.24) is 4.98 Å². The minimum atomic E-state index is -2.81. The van der Waals surface area contributed by atoms with E-state index in [1.165, 1.54) is 6.07 Å². The van der Waals surface area contributed by atoms with Crippen LogP contribution in [0, 0.1) is 0 Å². The lowest BCUT2D eigenvalue weighted by atomic mass is 10.1.